The Kier molecular flexibility index (Phi) is 6.21. The SMILES string of the molecule is Cc1nc(SCC(=O)Nc2ccccc2C(=O)c2ccccc2)nc(C)c1C. The van der Waals surface area contributed by atoms with Crippen LogP contribution in [0.2, 0.25) is 0 Å². The van der Waals surface area contributed by atoms with E-state index in [9.17, 15) is 9.59 Å². The summed E-state index contributed by atoms with van der Waals surface area (Å²) in [6.45, 7) is 5.84. The first-order valence-electron chi connectivity index (χ1n) is 8.89. The largest absolute Gasteiger partial charge is 0.325 e. The van der Waals surface area contributed by atoms with E-state index in [-0.39, 0.29) is 17.4 Å². The maximum absolute atomic E-state index is 12.8. The van der Waals surface area contributed by atoms with Crippen LogP contribution in [0.15, 0.2) is 59.8 Å². The smallest absolute Gasteiger partial charge is 0.234 e. The molecule has 0 aliphatic heterocycles. The molecule has 3 rings (SSSR count). The number of anilines is 1. The van der Waals surface area contributed by atoms with Crippen molar-refractivity contribution in [3.8, 4) is 0 Å². The first-order valence-corrected chi connectivity index (χ1v) is 9.87. The lowest BCUT2D eigenvalue weighted by atomic mass is 10.0. The van der Waals surface area contributed by atoms with Crippen LogP contribution in [0.1, 0.15) is 32.9 Å². The third-order valence-electron chi connectivity index (χ3n) is 4.43. The minimum Gasteiger partial charge on any atom is -0.325 e. The first-order chi connectivity index (χ1) is 13.5. The van der Waals surface area contributed by atoms with Crippen LogP contribution in [0.4, 0.5) is 5.69 Å². The molecule has 0 saturated carbocycles. The lowest BCUT2D eigenvalue weighted by molar-refractivity contribution is -0.113. The van der Waals surface area contributed by atoms with E-state index in [0.717, 1.165) is 17.0 Å². The van der Waals surface area contributed by atoms with E-state index in [1.54, 1.807) is 36.4 Å². The normalized spacial score (nSPS) is 10.5. The zero-order valence-corrected chi connectivity index (χ0v) is 16.8. The summed E-state index contributed by atoms with van der Waals surface area (Å²) in [5, 5.41) is 3.41. The van der Waals surface area contributed by atoms with Gasteiger partial charge in [0.05, 0.1) is 11.4 Å². The Morgan fingerprint density at radius 2 is 1.50 bits per heavy atom. The molecule has 2 aromatic carbocycles. The molecule has 1 heterocycles. The molecule has 0 aliphatic rings. The zero-order chi connectivity index (χ0) is 20.1. The second kappa shape index (κ2) is 8.80. The number of amides is 1. The van der Waals surface area contributed by atoms with Crippen LogP contribution in [0.5, 0.6) is 0 Å². The third kappa shape index (κ3) is 4.64. The monoisotopic (exact) mass is 391 g/mol. The molecule has 0 spiro atoms. The highest BCUT2D eigenvalue weighted by atomic mass is 32.2. The van der Waals surface area contributed by atoms with Gasteiger partial charge in [-0.05, 0) is 38.5 Å². The fraction of sp³-hybridized carbons (Fsp3) is 0.182. The molecule has 6 heteroatoms. The van der Waals surface area contributed by atoms with Crippen LogP contribution < -0.4 is 5.32 Å². The van der Waals surface area contributed by atoms with Crippen molar-refractivity contribution in [1.82, 2.24) is 9.97 Å². The van der Waals surface area contributed by atoms with Gasteiger partial charge in [-0.1, -0.05) is 54.2 Å². The highest BCUT2D eigenvalue weighted by Gasteiger charge is 2.15. The van der Waals surface area contributed by atoms with Gasteiger partial charge < -0.3 is 5.32 Å². The van der Waals surface area contributed by atoms with Crippen molar-refractivity contribution in [3.05, 3.63) is 82.7 Å². The fourth-order valence-corrected chi connectivity index (χ4v) is 3.39. The molecular weight excluding hydrogens is 370 g/mol. The number of carbonyl (C=O) groups excluding carboxylic acids is 2. The van der Waals surface area contributed by atoms with Crippen LogP contribution in [-0.2, 0) is 4.79 Å². The van der Waals surface area contributed by atoms with E-state index >= 15 is 0 Å². The third-order valence-corrected chi connectivity index (χ3v) is 5.27. The lowest BCUT2D eigenvalue weighted by Crippen LogP contribution is -2.17. The molecule has 0 bridgehead atoms. The minimum atomic E-state index is -0.210. The molecule has 3 aromatic rings. The van der Waals surface area contributed by atoms with Crippen molar-refractivity contribution in [3.63, 3.8) is 0 Å². The zero-order valence-electron chi connectivity index (χ0n) is 16.0. The molecule has 0 saturated heterocycles. The molecule has 28 heavy (non-hydrogen) atoms. The van der Waals surface area contributed by atoms with Crippen LogP contribution in [0.25, 0.3) is 0 Å². The summed E-state index contributed by atoms with van der Waals surface area (Å²) < 4.78 is 0. The maximum Gasteiger partial charge on any atom is 0.234 e. The Morgan fingerprint density at radius 1 is 0.893 bits per heavy atom. The number of aryl methyl sites for hydroxylation is 2. The second-order valence-corrected chi connectivity index (χ2v) is 7.32. The molecule has 1 amide bonds. The number of nitrogens with one attached hydrogen (secondary N) is 1. The predicted molar refractivity (Wildman–Crippen MR) is 112 cm³/mol. The topological polar surface area (TPSA) is 72.0 Å². The number of aromatic nitrogens is 2. The van der Waals surface area contributed by atoms with E-state index in [2.05, 4.69) is 15.3 Å². The molecular formula is C22H21N3O2S. The Morgan fingerprint density at radius 3 is 2.18 bits per heavy atom. The van der Waals surface area contributed by atoms with Crippen LogP contribution in [0, 0.1) is 20.8 Å². The van der Waals surface area contributed by atoms with Crippen molar-refractivity contribution in [2.45, 2.75) is 25.9 Å². The summed E-state index contributed by atoms with van der Waals surface area (Å²) >= 11 is 1.28. The fourth-order valence-electron chi connectivity index (χ4n) is 2.66. The quantitative estimate of drug-likeness (QED) is 0.384. The number of hydrogen-bond acceptors (Lipinski definition) is 5. The summed E-state index contributed by atoms with van der Waals surface area (Å²) in [6, 6.07) is 16.0. The number of hydrogen-bond donors (Lipinski definition) is 1. The summed E-state index contributed by atoms with van der Waals surface area (Å²) in [6.07, 6.45) is 0. The number of para-hydroxylation sites is 1. The van der Waals surface area contributed by atoms with Gasteiger partial charge in [0.1, 0.15) is 0 Å². The summed E-state index contributed by atoms with van der Waals surface area (Å²) in [4.78, 5) is 34.0. The number of benzene rings is 2. The van der Waals surface area contributed by atoms with E-state index in [0.29, 0.717) is 22.0 Å². The number of rotatable bonds is 6. The van der Waals surface area contributed by atoms with Gasteiger partial charge in [0.2, 0.25) is 5.91 Å². The second-order valence-electron chi connectivity index (χ2n) is 6.38. The van der Waals surface area contributed by atoms with Crippen LogP contribution in [0.3, 0.4) is 0 Å². The maximum atomic E-state index is 12.8. The molecule has 0 radical (unpaired) electrons. The molecule has 142 valence electrons. The first kappa shape index (κ1) is 19.8. The van der Waals surface area contributed by atoms with Crippen molar-refractivity contribution in [1.29, 1.82) is 0 Å². The van der Waals surface area contributed by atoms with Gasteiger partial charge in [0.15, 0.2) is 10.9 Å². The Hall–Kier alpha value is -2.99. The van der Waals surface area contributed by atoms with Gasteiger partial charge in [0, 0.05) is 22.5 Å². The summed E-state index contributed by atoms with van der Waals surface area (Å²) in [7, 11) is 0. The van der Waals surface area contributed by atoms with Gasteiger partial charge in [-0.15, -0.1) is 0 Å². The number of thioether (sulfide) groups is 1. The average molecular weight is 391 g/mol. The molecule has 1 aromatic heterocycles. The Bertz CT molecular complexity index is 996. The Labute approximate surface area is 168 Å². The lowest BCUT2D eigenvalue weighted by Gasteiger charge is -2.11. The van der Waals surface area contributed by atoms with Gasteiger partial charge >= 0.3 is 0 Å². The van der Waals surface area contributed by atoms with Gasteiger partial charge in [-0.2, -0.15) is 0 Å². The summed E-state index contributed by atoms with van der Waals surface area (Å²) in [5.41, 5.74) is 4.42. The highest BCUT2D eigenvalue weighted by Crippen LogP contribution is 2.21. The van der Waals surface area contributed by atoms with Crippen LogP contribution >= 0.6 is 11.8 Å². The molecule has 1 N–H and O–H groups in total. The van der Waals surface area contributed by atoms with E-state index < -0.39 is 0 Å². The summed E-state index contributed by atoms with van der Waals surface area (Å²) in [5.74, 6) is -0.175. The van der Waals surface area contributed by atoms with Crippen molar-refractivity contribution < 1.29 is 9.59 Å². The molecule has 0 unspecified atom stereocenters. The van der Waals surface area contributed by atoms with E-state index in [4.69, 9.17) is 0 Å². The van der Waals surface area contributed by atoms with Gasteiger partial charge in [-0.25, -0.2) is 9.97 Å². The Balaban J connectivity index is 1.70. The molecule has 0 atom stereocenters. The molecule has 0 fully saturated rings. The van der Waals surface area contributed by atoms with E-state index in [1.165, 1.54) is 11.8 Å². The van der Waals surface area contributed by atoms with Crippen molar-refractivity contribution in [2.24, 2.45) is 0 Å². The number of nitrogens with zero attached hydrogens (tertiary/aromatic N) is 2. The van der Waals surface area contributed by atoms with Crippen LogP contribution in [-0.4, -0.2) is 27.4 Å². The number of carbonyl (C=O) groups is 2. The van der Waals surface area contributed by atoms with Crippen molar-refractivity contribution in [2.75, 3.05) is 11.1 Å². The molecule has 5 nitrogen and oxygen atoms in total. The van der Waals surface area contributed by atoms with Gasteiger partial charge in [0.25, 0.3) is 0 Å². The predicted octanol–water partition coefficient (Wildman–Crippen LogP) is 4.36. The van der Waals surface area contributed by atoms with E-state index in [1.807, 2.05) is 39.0 Å². The minimum absolute atomic E-state index is 0.128. The van der Waals surface area contributed by atoms with Crippen molar-refractivity contribution >= 4 is 29.1 Å². The highest BCUT2D eigenvalue weighted by molar-refractivity contribution is 7.99. The van der Waals surface area contributed by atoms with Gasteiger partial charge in [-0.3, -0.25) is 9.59 Å². The standard InChI is InChI=1S/C22H21N3O2S/c1-14-15(2)23-22(24-16(14)3)28-13-20(26)25-19-12-8-7-11-18(19)21(27)17-9-5-4-6-10-17/h4-12H,13H2,1-3H3,(H,25,26). The number of ketones is 1. The average Bonchev–Trinajstić information content (AvgIpc) is 2.71. The molecule has 0 aliphatic carbocycles.